The highest BCUT2D eigenvalue weighted by Gasteiger charge is 2.17. The van der Waals surface area contributed by atoms with Crippen molar-refractivity contribution in [3.05, 3.63) is 66.3 Å². The fraction of sp³-hybridized carbons (Fsp3) is 0.333. The fourth-order valence-corrected chi connectivity index (χ4v) is 2.72. The monoisotopic (exact) mass is 295 g/mol. The second-order valence-electron chi connectivity index (χ2n) is 5.75. The van der Waals surface area contributed by atoms with Crippen LogP contribution in [0, 0.1) is 5.92 Å². The highest BCUT2D eigenvalue weighted by molar-refractivity contribution is 5.78. The number of benzene rings is 1. The minimum atomic E-state index is 0.144. The zero-order valence-corrected chi connectivity index (χ0v) is 12.6. The van der Waals surface area contributed by atoms with Crippen LogP contribution in [-0.4, -0.2) is 15.5 Å². The number of hydrogen-bond acceptors (Lipinski definition) is 2. The van der Waals surface area contributed by atoms with Crippen LogP contribution < -0.4 is 5.32 Å². The molecule has 1 N–H and O–H groups in total. The molecule has 114 valence electrons. The topological polar surface area (TPSA) is 46.9 Å². The molecule has 4 nitrogen and oxygen atoms in total. The third-order valence-corrected chi connectivity index (χ3v) is 4.05. The molecule has 0 radical (unpaired) electrons. The molecule has 0 bridgehead atoms. The Morgan fingerprint density at radius 1 is 1.23 bits per heavy atom. The predicted octanol–water partition coefficient (Wildman–Crippen LogP) is 2.90. The first-order chi connectivity index (χ1) is 10.8. The van der Waals surface area contributed by atoms with Crippen molar-refractivity contribution in [2.75, 3.05) is 0 Å². The van der Waals surface area contributed by atoms with E-state index in [-0.39, 0.29) is 11.8 Å². The maximum atomic E-state index is 12.1. The minimum Gasteiger partial charge on any atom is -0.352 e. The molecule has 3 rings (SSSR count). The molecule has 0 fully saturated rings. The van der Waals surface area contributed by atoms with Crippen molar-refractivity contribution in [3.8, 4) is 0 Å². The van der Waals surface area contributed by atoms with Gasteiger partial charge in [0.15, 0.2) is 0 Å². The standard InChI is InChI=1S/C18H21N3O/c22-18(17-4-2-1-3-5-17)20-12-15-6-8-16(9-7-15)13-21-11-10-19-14-21/h1-2,6-11,14,17H,3-5,12-13H2,(H,20,22). The highest BCUT2D eigenvalue weighted by Crippen LogP contribution is 2.18. The Balaban J connectivity index is 1.50. The van der Waals surface area contributed by atoms with Crippen molar-refractivity contribution < 1.29 is 4.79 Å². The van der Waals surface area contributed by atoms with Crippen molar-refractivity contribution in [2.24, 2.45) is 5.92 Å². The summed E-state index contributed by atoms with van der Waals surface area (Å²) in [5.41, 5.74) is 2.36. The maximum absolute atomic E-state index is 12.1. The van der Waals surface area contributed by atoms with Crippen LogP contribution in [0.3, 0.4) is 0 Å². The Morgan fingerprint density at radius 2 is 2.05 bits per heavy atom. The van der Waals surface area contributed by atoms with Crippen LogP contribution in [-0.2, 0) is 17.9 Å². The molecule has 0 spiro atoms. The lowest BCUT2D eigenvalue weighted by Gasteiger charge is -2.17. The van der Waals surface area contributed by atoms with Crippen LogP contribution in [0.15, 0.2) is 55.1 Å². The van der Waals surface area contributed by atoms with Crippen molar-refractivity contribution in [2.45, 2.75) is 32.4 Å². The Labute approximate surface area is 130 Å². The number of rotatable bonds is 5. The molecule has 1 heterocycles. The van der Waals surface area contributed by atoms with E-state index in [0.29, 0.717) is 6.54 Å². The number of carbonyl (C=O) groups excluding carboxylic acids is 1. The summed E-state index contributed by atoms with van der Waals surface area (Å²) in [5.74, 6) is 0.317. The average molecular weight is 295 g/mol. The molecule has 0 saturated carbocycles. The number of nitrogens with zero attached hydrogens (tertiary/aromatic N) is 2. The molecule has 0 saturated heterocycles. The number of nitrogens with one attached hydrogen (secondary N) is 1. The summed E-state index contributed by atoms with van der Waals surface area (Å²) in [6.07, 6.45) is 12.7. The van der Waals surface area contributed by atoms with Crippen LogP contribution in [0.4, 0.5) is 0 Å². The number of allylic oxidation sites excluding steroid dienone is 2. The number of imidazole rings is 1. The van der Waals surface area contributed by atoms with E-state index in [9.17, 15) is 4.79 Å². The number of aromatic nitrogens is 2. The van der Waals surface area contributed by atoms with Gasteiger partial charge in [-0.25, -0.2) is 4.98 Å². The SMILES string of the molecule is O=C(NCc1ccc(Cn2ccnc2)cc1)C1CC=CCC1. The molecular weight excluding hydrogens is 274 g/mol. The second-order valence-corrected chi connectivity index (χ2v) is 5.75. The third-order valence-electron chi connectivity index (χ3n) is 4.05. The first kappa shape index (κ1) is 14.6. The van der Waals surface area contributed by atoms with Crippen molar-refractivity contribution in [1.29, 1.82) is 0 Å². The number of amides is 1. The van der Waals surface area contributed by atoms with Crippen LogP contribution in [0.25, 0.3) is 0 Å². The van der Waals surface area contributed by atoms with Crippen LogP contribution in [0.2, 0.25) is 0 Å². The van der Waals surface area contributed by atoms with Crippen LogP contribution >= 0.6 is 0 Å². The molecule has 4 heteroatoms. The van der Waals surface area contributed by atoms with Gasteiger partial charge in [-0.3, -0.25) is 4.79 Å². The normalized spacial score (nSPS) is 17.4. The smallest absolute Gasteiger partial charge is 0.223 e. The van der Waals surface area contributed by atoms with Gasteiger partial charge < -0.3 is 9.88 Å². The molecule has 1 aromatic heterocycles. The van der Waals surface area contributed by atoms with E-state index in [0.717, 1.165) is 31.4 Å². The van der Waals surface area contributed by atoms with Gasteiger partial charge in [0, 0.05) is 31.4 Å². The molecule has 1 atom stereocenters. The van der Waals surface area contributed by atoms with Gasteiger partial charge in [-0.2, -0.15) is 0 Å². The van der Waals surface area contributed by atoms with E-state index in [1.54, 1.807) is 6.20 Å². The summed E-state index contributed by atoms with van der Waals surface area (Å²) in [6, 6.07) is 8.36. The highest BCUT2D eigenvalue weighted by atomic mass is 16.1. The summed E-state index contributed by atoms with van der Waals surface area (Å²) in [6.45, 7) is 1.42. The first-order valence-electron chi connectivity index (χ1n) is 7.77. The van der Waals surface area contributed by atoms with Gasteiger partial charge in [0.05, 0.1) is 6.33 Å². The molecule has 0 aliphatic heterocycles. The lowest BCUT2D eigenvalue weighted by Crippen LogP contribution is -2.30. The van der Waals surface area contributed by atoms with E-state index in [4.69, 9.17) is 0 Å². The summed E-state index contributed by atoms with van der Waals surface area (Å²) >= 11 is 0. The van der Waals surface area contributed by atoms with E-state index in [2.05, 4.69) is 46.7 Å². The molecular formula is C18H21N3O. The lowest BCUT2D eigenvalue weighted by molar-refractivity contribution is -0.125. The summed E-state index contributed by atoms with van der Waals surface area (Å²) in [7, 11) is 0. The quantitative estimate of drug-likeness (QED) is 0.862. The predicted molar refractivity (Wildman–Crippen MR) is 86.1 cm³/mol. The maximum Gasteiger partial charge on any atom is 0.223 e. The van der Waals surface area contributed by atoms with E-state index in [1.807, 2.05) is 17.1 Å². The zero-order chi connectivity index (χ0) is 15.2. The first-order valence-corrected chi connectivity index (χ1v) is 7.77. The Bertz CT molecular complexity index is 629. The third kappa shape index (κ3) is 3.85. The van der Waals surface area contributed by atoms with Crippen molar-refractivity contribution >= 4 is 5.91 Å². The van der Waals surface area contributed by atoms with Gasteiger partial charge >= 0.3 is 0 Å². The molecule has 22 heavy (non-hydrogen) atoms. The summed E-state index contributed by atoms with van der Waals surface area (Å²) in [4.78, 5) is 16.1. The molecule has 1 aliphatic rings. The van der Waals surface area contributed by atoms with E-state index >= 15 is 0 Å². The summed E-state index contributed by atoms with van der Waals surface area (Å²) in [5, 5.41) is 3.05. The zero-order valence-electron chi connectivity index (χ0n) is 12.6. The van der Waals surface area contributed by atoms with Crippen LogP contribution in [0.5, 0.6) is 0 Å². The van der Waals surface area contributed by atoms with Crippen molar-refractivity contribution in [1.82, 2.24) is 14.9 Å². The number of carbonyl (C=O) groups is 1. The minimum absolute atomic E-state index is 0.144. The van der Waals surface area contributed by atoms with Gasteiger partial charge in [-0.05, 0) is 30.4 Å². The van der Waals surface area contributed by atoms with Crippen LogP contribution in [0.1, 0.15) is 30.4 Å². The second kappa shape index (κ2) is 7.07. The summed E-state index contributed by atoms with van der Waals surface area (Å²) < 4.78 is 2.04. The van der Waals surface area contributed by atoms with Gasteiger partial charge in [0.2, 0.25) is 5.91 Å². The van der Waals surface area contributed by atoms with Gasteiger partial charge in [-0.1, -0.05) is 36.4 Å². The Kier molecular flexibility index (Phi) is 4.68. The largest absolute Gasteiger partial charge is 0.352 e. The van der Waals surface area contributed by atoms with Gasteiger partial charge in [0.25, 0.3) is 0 Å². The molecule has 1 aromatic carbocycles. The van der Waals surface area contributed by atoms with E-state index in [1.165, 1.54) is 5.56 Å². The fourth-order valence-electron chi connectivity index (χ4n) is 2.72. The average Bonchev–Trinajstić information content (AvgIpc) is 3.08. The molecule has 1 amide bonds. The van der Waals surface area contributed by atoms with Gasteiger partial charge in [-0.15, -0.1) is 0 Å². The molecule has 1 unspecified atom stereocenters. The Hall–Kier alpha value is -2.36. The van der Waals surface area contributed by atoms with Crippen molar-refractivity contribution in [3.63, 3.8) is 0 Å². The molecule has 2 aromatic rings. The van der Waals surface area contributed by atoms with E-state index < -0.39 is 0 Å². The lowest BCUT2D eigenvalue weighted by atomic mass is 9.93. The Morgan fingerprint density at radius 3 is 2.73 bits per heavy atom. The molecule has 1 aliphatic carbocycles. The van der Waals surface area contributed by atoms with Gasteiger partial charge in [0.1, 0.15) is 0 Å². The number of hydrogen-bond donors (Lipinski definition) is 1.